The van der Waals surface area contributed by atoms with Crippen LogP contribution in [0.1, 0.15) is 99.8 Å². The molecule has 0 aromatic heterocycles. The lowest BCUT2D eigenvalue weighted by Crippen LogP contribution is -2.60. The van der Waals surface area contributed by atoms with Crippen molar-refractivity contribution in [2.75, 3.05) is 6.61 Å². The summed E-state index contributed by atoms with van der Waals surface area (Å²) < 4.78 is 6.35. The molecule has 4 aliphatic carbocycles. The Hall–Kier alpha value is -0.300. The predicted molar refractivity (Wildman–Crippen MR) is 115 cm³/mol. The zero-order chi connectivity index (χ0) is 19.6. The number of hydrogen-bond donors (Lipinski definition) is 0. The van der Waals surface area contributed by atoms with Crippen molar-refractivity contribution in [1.29, 1.82) is 0 Å². The minimum absolute atomic E-state index is 0.376. The number of hydrogen-bond acceptors (Lipinski definition) is 1. The first-order valence-corrected chi connectivity index (χ1v) is 12.0. The summed E-state index contributed by atoms with van der Waals surface area (Å²) in [6.45, 7) is 18.3. The summed E-state index contributed by atoms with van der Waals surface area (Å²) in [7, 11) is 0. The summed E-state index contributed by atoms with van der Waals surface area (Å²) in [5, 5.41) is 0. The van der Waals surface area contributed by atoms with Gasteiger partial charge in [0.25, 0.3) is 0 Å². The normalized spacial score (nSPS) is 52.1. The van der Waals surface area contributed by atoms with E-state index in [-0.39, 0.29) is 0 Å². The lowest BCUT2D eigenvalue weighted by Gasteiger charge is -2.67. The zero-order valence-corrected chi connectivity index (χ0v) is 19.2. The van der Waals surface area contributed by atoms with Crippen LogP contribution >= 0.6 is 0 Å². The van der Waals surface area contributed by atoms with Gasteiger partial charge in [-0.25, -0.2) is 0 Å². The van der Waals surface area contributed by atoms with Crippen LogP contribution in [0.15, 0.2) is 11.1 Å². The molecule has 0 aromatic rings. The van der Waals surface area contributed by atoms with E-state index >= 15 is 0 Å². The average molecular weight is 373 g/mol. The third kappa shape index (κ3) is 2.59. The monoisotopic (exact) mass is 372 g/mol. The molecule has 154 valence electrons. The van der Waals surface area contributed by atoms with E-state index in [0.717, 1.165) is 30.3 Å². The van der Waals surface area contributed by atoms with Gasteiger partial charge in [-0.2, -0.15) is 0 Å². The number of rotatable bonds is 2. The molecule has 6 unspecified atom stereocenters. The molecule has 4 aliphatic rings. The van der Waals surface area contributed by atoms with Crippen molar-refractivity contribution in [3.8, 4) is 0 Å². The van der Waals surface area contributed by atoms with Gasteiger partial charge in [-0.05, 0) is 105 Å². The van der Waals surface area contributed by atoms with E-state index in [2.05, 4.69) is 48.5 Å². The minimum atomic E-state index is 0.376. The van der Waals surface area contributed by atoms with Gasteiger partial charge < -0.3 is 4.74 Å². The van der Waals surface area contributed by atoms with Crippen LogP contribution in [0.2, 0.25) is 0 Å². The van der Waals surface area contributed by atoms with Crippen LogP contribution in [0.5, 0.6) is 0 Å². The Labute approximate surface area is 168 Å². The molecule has 8 atom stereocenters. The van der Waals surface area contributed by atoms with E-state index in [0.29, 0.717) is 22.3 Å². The maximum Gasteiger partial charge on any atom is 0.0795 e. The lowest BCUT2D eigenvalue weighted by atomic mass is 9.37. The SMILES string of the molecule is CCOC1CC2(C)C(CCC3C4(C)CCC[C@@H](C)C4CC[C@@]32C)C1=C(C)C. The standard InChI is InChI=1S/C26H44O/c1-8-27-21-16-26(7)20(23(21)17(2)3)11-12-22-24(5)14-9-10-18(4)19(24)13-15-25(22,26)6/h18-22H,8-16H2,1-7H3/t18-,19?,20?,21?,22?,24?,25+,26?/m1/s1. The molecule has 0 bridgehead atoms. The van der Waals surface area contributed by atoms with E-state index in [1.54, 1.807) is 5.57 Å². The van der Waals surface area contributed by atoms with Gasteiger partial charge >= 0.3 is 0 Å². The minimum Gasteiger partial charge on any atom is -0.374 e. The van der Waals surface area contributed by atoms with Crippen molar-refractivity contribution in [3.63, 3.8) is 0 Å². The third-order valence-corrected chi connectivity index (χ3v) is 10.5. The Morgan fingerprint density at radius 3 is 2.41 bits per heavy atom. The van der Waals surface area contributed by atoms with Crippen molar-refractivity contribution in [2.24, 2.45) is 39.9 Å². The second kappa shape index (κ2) is 6.61. The van der Waals surface area contributed by atoms with Gasteiger partial charge in [-0.15, -0.1) is 0 Å². The lowest BCUT2D eigenvalue weighted by molar-refractivity contribution is -0.185. The molecular weight excluding hydrogens is 328 g/mol. The first-order valence-electron chi connectivity index (χ1n) is 12.0. The second-order valence-electron chi connectivity index (χ2n) is 11.6. The quantitative estimate of drug-likeness (QED) is 0.459. The molecule has 0 amide bonds. The maximum atomic E-state index is 6.35. The fourth-order valence-electron chi connectivity index (χ4n) is 9.24. The average Bonchev–Trinajstić information content (AvgIpc) is 2.88. The van der Waals surface area contributed by atoms with Crippen molar-refractivity contribution < 1.29 is 4.74 Å². The molecule has 0 saturated heterocycles. The number of fused-ring (bicyclic) bond motifs is 5. The second-order valence-corrected chi connectivity index (χ2v) is 11.6. The van der Waals surface area contributed by atoms with E-state index in [1.165, 1.54) is 56.9 Å². The maximum absolute atomic E-state index is 6.35. The van der Waals surface area contributed by atoms with E-state index < -0.39 is 0 Å². The third-order valence-electron chi connectivity index (χ3n) is 10.5. The smallest absolute Gasteiger partial charge is 0.0795 e. The Bertz CT molecular complexity index is 616. The summed E-state index contributed by atoms with van der Waals surface area (Å²) in [4.78, 5) is 0. The van der Waals surface area contributed by atoms with Gasteiger partial charge in [-0.1, -0.05) is 46.1 Å². The topological polar surface area (TPSA) is 9.23 Å². The molecule has 0 heterocycles. The van der Waals surface area contributed by atoms with Crippen LogP contribution in [0.3, 0.4) is 0 Å². The molecule has 0 radical (unpaired) electrons. The van der Waals surface area contributed by atoms with Gasteiger partial charge in [0.15, 0.2) is 0 Å². The summed E-state index contributed by atoms with van der Waals surface area (Å²) in [5.41, 5.74) is 4.69. The Morgan fingerprint density at radius 1 is 1.00 bits per heavy atom. The van der Waals surface area contributed by atoms with Gasteiger partial charge in [0, 0.05) is 6.61 Å². The molecule has 27 heavy (non-hydrogen) atoms. The highest BCUT2D eigenvalue weighted by atomic mass is 16.5. The summed E-state index contributed by atoms with van der Waals surface area (Å²) in [5.74, 6) is 3.57. The molecule has 1 nitrogen and oxygen atoms in total. The highest BCUT2D eigenvalue weighted by Crippen LogP contribution is 2.74. The first kappa shape index (κ1) is 20.0. The highest BCUT2D eigenvalue weighted by molar-refractivity contribution is 5.31. The molecule has 4 rings (SSSR count). The Balaban J connectivity index is 1.75. The fraction of sp³-hybridized carbons (Fsp3) is 0.923. The van der Waals surface area contributed by atoms with E-state index in [1.807, 2.05) is 0 Å². The van der Waals surface area contributed by atoms with E-state index in [4.69, 9.17) is 4.74 Å². The van der Waals surface area contributed by atoms with Crippen LogP contribution in [0, 0.1) is 39.9 Å². The zero-order valence-electron chi connectivity index (χ0n) is 19.2. The van der Waals surface area contributed by atoms with Crippen LogP contribution in [-0.4, -0.2) is 12.7 Å². The van der Waals surface area contributed by atoms with Crippen molar-refractivity contribution in [2.45, 2.75) is 106 Å². The van der Waals surface area contributed by atoms with Crippen LogP contribution in [-0.2, 0) is 4.74 Å². The molecule has 0 aliphatic heterocycles. The molecule has 4 fully saturated rings. The van der Waals surface area contributed by atoms with Gasteiger partial charge in [-0.3, -0.25) is 0 Å². The number of allylic oxidation sites excluding steroid dienone is 1. The van der Waals surface area contributed by atoms with Gasteiger partial charge in [0.1, 0.15) is 0 Å². The highest BCUT2D eigenvalue weighted by Gasteiger charge is 2.67. The van der Waals surface area contributed by atoms with Crippen molar-refractivity contribution >= 4 is 0 Å². The molecule has 1 heteroatoms. The van der Waals surface area contributed by atoms with Crippen molar-refractivity contribution in [3.05, 3.63) is 11.1 Å². The van der Waals surface area contributed by atoms with E-state index in [9.17, 15) is 0 Å². The molecular formula is C26H44O. The van der Waals surface area contributed by atoms with Crippen LogP contribution in [0.4, 0.5) is 0 Å². The first-order chi connectivity index (χ1) is 12.7. The molecule has 0 N–H and O–H groups in total. The number of ether oxygens (including phenoxy) is 1. The Kier molecular flexibility index (Phi) is 4.90. The Morgan fingerprint density at radius 2 is 1.74 bits per heavy atom. The fourth-order valence-corrected chi connectivity index (χ4v) is 9.24. The molecule has 0 spiro atoms. The van der Waals surface area contributed by atoms with Crippen LogP contribution < -0.4 is 0 Å². The molecule has 4 saturated carbocycles. The summed E-state index contributed by atoms with van der Waals surface area (Å²) in [6, 6.07) is 0. The molecule has 0 aromatic carbocycles. The summed E-state index contributed by atoms with van der Waals surface area (Å²) >= 11 is 0. The predicted octanol–water partition coefficient (Wildman–Crippen LogP) is 7.41. The largest absolute Gasteiger partial charge is 0.374 e. The van der Waals surface area contributed by atoms with Crippen molar-refractivity contribution in [1.82, 2.24) is 0 Å². The summed E-state index contributed by atoms with van der Waals surface area (Å²) in [6.07, 6.45) is 11.8. The van der Waals surface area contributed by atoms with Gasteiger partial charge in [0.05, 0.1) is 6.10 Å². The van der Waals surface area contributed by atoms with Crippen LogP contribution in [0.25, 0.3) is 0 Å². The van der Waals surface area contributed by atoms with Gasteiger partial charge in [0.2, 0.25) is 0 Å².